The summed E-state index contributed by atoms with van der Waals surface area (Å²) in [5.74, 6) is -0.00407. The van der Waals surface area contributed by atoms with Gasteiger partial charge < -0.3 is 4.74 Å². The van der Waals surface area contributed by atoms with E-state index >= 15 is 0 Å². The lowest BCUT2D eigenvalue weighted by Crippen LogP contribution is -2.10. The molecular weight excluding hydrogens is 197 g/mol. The summed E-state index contributed by atoms with van der Waals surface area (Å²) in [7, 11) is 0. The minimum Gasteiger partial charge on any atom is -0.478 e. The Morgan fingerprint density at radius 2 is 2.00 bits per heavy atom. The fourth-order valence-corrected chi connectivity index (χ4v) is 0.907. The van der Waals surface area contributed by atoms with Crippen LogP contribution in [-0.2, 0) is 6.18 Å². The van der Waals surface area contributed by atoms with Crippen LogP contribution in [0.3, 0.4) is 0 Å². The Hall–Kier alpha value is -1.33. The van der Waals surface area contributed by atoms with Crippen molar-refractivity contribution in [2.24, 2.45) is 0 Å². The maximum atomic E-state index is 12.2. The molecule has 1 aromatic rings. The molecule has 0 aromatic carbocycles. The van der Waals surface area contributed by atoms with Crippen LogP contribution in [0.5, 0.6) is 5.88 Å². The normalized spacial score (nSPS) is 11.5. The molecule has 0 spiro atoms. The van der Waals surface area contributed by atoms with Crippen LogP contribution in [0.1, 0.15) is 18.4 Å². The quantitative estimate of drug-likeness (QED) is 0.744. The maximum absolute atomic E-state index is 12.2. The lowest BCUT2D eigenvalue weighted by Gasteiger charge is -2.08. The van der Waals surface area contributed by atoms with Gasteiger partial charge in [0.2, 0.25) is 5.88 Å². The Morgan fingerprint density at radius 3 is 2.50 bits per heavy atom. The van der Waals surface area contributed by atoms with E-state index in [2.05, 4.69) is 9.97 Å². The van der Waals surface area contributed by atoms with Crippen molar-refractivity contribution in [1.29, 1.82) is 0 Å². The predicted octanol–water partition coefficient (Wildman–Crippen LogP) is 2.20. The summed E-state index contributed by atoms with van der Waals surface area (Å²) in [6.07, 6.45) is -4.46. The third kappa shape index (κ3) is 2.58. The van der Waals surface area contributed by atoms with Gasteiger partial charge in [-0.3, -0.25) is 0 Å². The summed E-state index contributed by atoms with van der Waals surface area (Å²) < 4.78 is 41.6. The topological polar surface area (TPSA) is 35.0 Å². The van der Waals surface area contributed by atoms with Crippen molar-refractivity contribution >= 4 is 0 Å². The second-order valence-electron chi connectivity index (χ2n) is 2.57. The lowest BCUT2D eigenvalue weighted by atomic mass is 10.4. The van der Waals surface area contributed by atoms with Gasteiger partial charge in [0.1, 0.15) is 5.82 Å². The van der Waals surface area contributed by atoms with E-state index in [1.165, 1.54) is 6.92 Å². The number of rotatable bonds is 2. The number of alkyl halides is 3. The van der Waals surface area contributed by atoms with Gasteiger partial charge >= 0.3 is 6.18 Å². The first-order chi connectivity index (χ1) is 6.43. The molecule has 0 aliphatic heterocycles. The third-order valence-corrected chi connectivity index (χ3v) is 1.40. The van der Waals surface area contributed by atoms with Crippen molar-refractivity contribution in [2.45, 2.75) is 20.0 Å². The molecule has 0 bridgehead atoms. The van der Waals surface area contributed by atoms with E-state index in [0.717, 1.165) is 6.07 Å². The molecule has 0 saturated carbocycles. The second kappa shape index (κ2) is 3.81. The molecule has 1 rings (SSSR count). The minimum atomic E-state index is -4.46. The smallest absolute Gasteiger partial charge is 0.433 e. The molecule has 78 valence electrons. The van der Waals surface area contributed by atoms with E-state index in [4.69, 9.17) is 4.74 Å². The molecule has 0 amide bonds. The van der Waals surface area contributed by atoms with Crippen LogP contribution in [0.15, 0.2) is 6.07 Å². The van der Waals surface area contributed by atoms with E-state index in [0.29, 0.717) is 0 Å². The highest BCUT2D eigenvalue weighted by molar-refractivity contribution is 5.18. The van der Waals surface area contributed by atoms with Gasteiger partial charge in [-0.25, -0.2) is 4.98 Å². The zero-order valence-corrected chi connectivity index (χ0v) is 7.72. The van der Waals surface area contributed by atoms with Crippen LogP contribution in [-0.4, -0.2) is 16.6 Å². The van der Waals surface area contributed by atoms with E-state index in [9.17, 15) is 13.2 Å². The van der Waals surface area contributed by atoms with Crippen LogP contribution < -0.4 is 4.74 Å². The lowest BCUT2D eigenvalue weighted by molar-refractivity contribution is -0.141. The molecule has 0 N–H and O–H groups in total. The van der Waals surface area contributed by atoms with Crippen LogP contribution in [0.2, 0.25) is 0 Å². The van der Waals surface area contributed by atoms with Gasteiger partial charge in [0.05, 0.1) is 6.61 Å². The number of hydrogen-bond donors (Lipinski definition) is 0. The number of nitrogens with zero attached hydrogens (tertiary/aromatic N) is 2. The fourth-order valence-electron chi connectivity index (χ4n) is 0.907. The van der Waals surface area contributed by atoms with E-state index in [1.807, 2.05) is 0 Å². The zero-order valence-electron chi connectivity index (χ0n) is 7.72. The van der Waals surface area contributed by atoms with Crippen LogP contribution in [0, 0.1) is 6.92 Å². The number of aryl methyl sites for hydroxylation is 1. The molecule has 0 fully saturated rings. The number of hydrogen-bond acceptors (Lipinski definition) is 3. The van der Waals surface area contributed by atoms with Gasteiger partial charge in [-0.15, -0.1) is 0 Å². The summed E-state index contributed by atoms with van der Waals surface area (Å²) in [6, 6.07) is 0.788. The van der Waals surface area contributed by atoms with Gasteiger partial charge in [0.15, 0.2) is 5.69 Å². The highest BCUT2D eigenvalue weighted by Gasteiger charge is 2.33. The van der Waals surface area contributed by atoms with Gasteiger partial charge in [-0.2, -0.15) is 18.2 Å². The number of halogens is 3. The molecule has 1 aromatic heterocycles. The first-order valence-electron chi connectivity index (χ1n) is 3.99. The van der Waals surface area contributed by atoms with Crippen molar-refractivity contribution in [3.8, 4) is 5.88 Å². The molecule has 0 radical (unpaired) electrons. The standard InChI is InChI=1S/C8H9F3N2O/c1-3-14-7-4-6(8(9,10)11)12-5(2)13-7/h4H,3H2,1-2H3. The number of aromatic nitrogens is 2. The monoisotopic (exact) mass is 206 g/mol. The molecule has 6 heteroatoms. The molecular formula is C8H9F3N2O. The van der Waals surface area contributed by atoms with Crippen LogP contribution >= 0.6 is 0 Å². The van der Waals surface area contributed by atoms with Crippen LogP contribution in [0.25, 0.3) is 0 Å². The summed E-state index contributed by atoms with van der Waals surface area (Å²) in [5.41, 5.74) is -0.978. The van der Waals surface area contributed by atoms with Crippen molar-refractivity contribution in [3.05, 3.63) is 17.6 Å². The third-order valence-electron chi connectivity index (χ3n) is 1.40. The van der Waals surface area contributed by atoms with Gasteiger partial charge in [0, 0.05) is 6.07 Å². The van der Waals surface area contributed by atoms with Gasteiger partial charge in [0.25, 0.3) is 0 Å². The molecule has 0 unspecified atom stereocenters. The van der Waals surface area contributed by atoms with Crippen molar-refractivity contribution in [1.82, 2.24) is 9.97 Å². The Morgan fingerprint density at radius 1 is 1.36 bits per heavy atom. The van der Waals surface area contributed by atoms with Crippen molar-refractivity contribution in [2.75, 3.05) is 6.61 Å². The number of ether oxygens (including phenoxy) is 1. The molecule has 0 atom stereocenters. The Kier molecular flexibility index (Phi) is 2.93. The summed E-state index contributed by atoms with van der Waals surface area (Å²) in [4.78, 5) is 6.97. The van der Waals surface area contributed by atoms with Gasteiger partial charge in [-0.1, -0.05) is 0 Å². The van der Waals surface area contributed by atoms with Gasteiger partial charge in [-0.05, 0) is 13.8 Å². The summed E-state index contributed by atoms with van der Waals surface area (Å²) in [5, 5.41) is 0. The highest BCUT2D eigenvalue weighted by Crippen LogP contribution is 2.29. The first kappa shape index (κ1) is 10.7. The molecule has 1 heterocycles. The predicted molar refractivity (Wildman–Crippen MR) is 42.9 cm³/mol. The largest absolute Gasteiger partial charge is 0.478 e. The summed E-state index contributed by atoms with van der Waals surface area (Å²) in [6.45, 7) is 3.33. The molecule has 14 heavy (non-hydrogen) atoms. The molecule has 0 saturated heterocycles. The Labute approximate surface area is 78.9 Å². The van der Waals surface area contributed by atoms with Crippen molar-refractivity contribution < 1.29 is 17.9 Å². The second-order valence-corrected chi connectivity index (χ2v) is 2.57. The van der Waals surface area contributed by atoms with E-state index < -0.39 is 11.9 Å². The Balaban J connectivity index is 3.07. The van der Waals surface area contributed by atoms with Crippen LogP contribution in [0.4, 0.5) is 13.2 Å². The SMILES string of the molecule is CCOc1cc(C(F)(F)F)nc(C)n1. The molecule has 0 aliphatic carbocycles. The average Bonchev–Trinajstić information content (AvgIpc) is 2.02. The maximum Gasteiger partial charge on any atom is 0.433 e. The minimum absolute atomic E-state index is 0.0447. The first-order valence-corrected chi connectivity index (χ1v) is 3.99. The molecule has 3 nitrogen and oxygen atoms in total. The average molecular weight is 206 g/mol. The fraction of sp³-hybridized carbons (Fsp3) is 0.500. The van der Waals surface area contributed by atoms with E-state index in [1.54, 1.807) is 6.92 Å². The Bertz CT molecular complexity index is 325. The van der Waals surface area contributed by atoms with E-state index in [-0.39, 0.29) is 18.3 Å². The summed E-state index contributed by atoms with van der Waals surface area (Å²) >= 11 is 0. The zero-order chi connectivity index (χ0) is 10.8. The molecule has 0 aliphatic rings. The van der Waals surface area contributed by atoms with Crippen molar-refractivity contribution in [3.63, 3.8) is 0 Å². The highest BCUT2D eigenvalue weighted by atomic mass is 19.4.